The normalized spacial score (nSPS) is 10.8. The summed E-state index contributed by atoms with van der Waals surface area (Å²) in [6.07, 6.45) is 3.32. The third kappa shape index (κ3) is 6.06. The second-order valence-electron chi connectivity index (χ2n) is 4.97. The first-order chi connectivity index (χ1) is 9.69. The van der Waals surface area contributed by atoms with Crippen molar-refractivity contribution >= 4 is 21.9 Å². The molecule has 0 unspecified atom stereocenters. The van der Waals surface area contributed by atoms with Crippen LogP contribution >= 0.6 is 15.9 Å². The molecular formula is C16H25BrNO2+. The molecular weight excluding hydrogens is 318 g/mol. The van der Waals surface area contributed by atoms with Crippen molar-refractivity contribution in [3.05, 3.63) is 34.3 Å². The number of rotatable bonds is 9. The highest BCUT2D eigenvalue weighted by molar-refractivity contribution is 9.10. The highest BCUT2D eigenvalue weighted by atomic mass is 79.9. The Hall–Kier alpha value is -0.870. The Morgan fingerprint density at radius 1 is 1.15 bits per heavy atom. The van der Waals surface area contributed by atoms with Crippen molar-refractivity contribution in [3.63, 3.8) is 0 Å². The first-order valence-corrected chi connectivity index (χ1v) is 8.23. The molecule has 3 nitrogen and oxygen atoms in total. The van der Waals surface area contributed by atoms with Crippen molar-refractivity contribution in [1.82, 2.24) is 0 Å². The van der Waals surface area contributed by atoms with Gasteiger partial charge in [0.2, 0.25) is 0 Å². The number of hydrogen-bond acceptors (Lipinski definition) is 2. The average molecular weight is 343 g/mol. The minimum atomic E-state index is -0.245. The van der Waals surface area contributed by atoms with Crippen molar-refractivity contribution in [2.24, 2.45) is 0 Å². The highest BCUT2D eigenvalue weighted by Gasteiger charge is 2.11. The molecule has 0 aliphatic carbocycles. The number of ether oxygens (including phenoxy) is 1. The molecule has 0 bridgehead atoms. The Kier molecular flexibility index (Phi) is 8.54. The van der Waals surface area contributed by atoms with Gasteiger partial charge in [0.05, 0.1) is 31.8 Å². The summed E-state index contributed by atoms with van der Waals surface area (Å²) in [4.78, 5) is 13.5. The predicted molar refractivity (Wildman–Crippen MR) is 85.2 cm³/mol. The predicted octanol–water partition coefficient (Wildman–Crippen LogP) is 2.70. The van der Waals surface area contributed by atoms with Crippen LogP contribution in [0.25, 0.3) is 0 Å². The molecule has 112 valence electrons. The first kappa shape index (κ1) is 17.2. The average Bonchev–Trinajstić information content (AvgIpc) is 2.44. The lowest BCUT2D eigenvalue weighted by Gasteiger charge is -2.17. The SMILES string of the molecule is CCC[NH+](CCC)CCCOC(=O)c1ccccc1Br. The standard InChI is InChI=1S/C16H24BrNO2/c1-3-10-18(11-4-2)12-7-13-20-16(19)14-8-5-6-9-15(14)17/h5-6,8-9H,3-4,7,10-13H2,1-2H3/p+1. The highest BCUT2D eigenvalue weighted by Crippen LogP contribution is 2.16. The molecule has 0 saturated carbocycles. The van der Waals surface area contributed by atoms with Crippen molar-refractivity contribution < 1.29 is 14.4 Å². The lowest BCUT2D eigenvalue weighted by Crippen LogP contribution is -3.12. The van der Waals surface area contributed by atoms with Gasteiger partial charge in [-0.1, -0.05) is 26.0 Å². The lowest BCUT2D eigenvalue weighted by atomic mass is 10.2. The number of nitrogens with one attached hydrogen (secondary N) is 1. The van der Waals surface area contributed by atoms with Crippen LogP contribution in [0.3, 0.4) is 0 Å². The third-order valence-electron chi connectivity index (χ3n) is 3.21. The topological polar surface area (TPSA) is 30.7 Å². The summed E-state index contributed by atoms with van der Waals surface area (Å²) in [5, 5.41) is 0. The maximum absolute atomic E-state index is 11.9. The first-order valence-electron chi connectivity index (χ1n) is 7.44. The van der Waals surface area contributed by atoms with E-state index in [2.05, 4.69) is 29.8 Å². The van der Waals surface area contributed by atoms with Crippen molar-refractivity contribution in [2.45, 2.75) is 33.1 Å². The van der Waals surface area contributed by atoms with E-state index in [1.807, 2.05) is 18.2 Å². The summed E-state index contributed by atoms with van der Waals surface area (Å²) in [5.41, 5.74) is 0.596. The Morgan fingerprint density at radius 2 is 1.80 bits per heavy atom. The maximum Gasteiger partial charge on any atom is 0.339 e. The van der Waals surface area contributed by atoms with E-state index < -0.39 is 0 Å². The molecule has 0 aliphatic rings. The van der Waals surface area contributed by atoms with Gasteiger partial charge in [-0.3, -0.25) is 0 Å². The molecule has 0 radical (unpaired) electrons. The van der Waals surface area contributed by atoms with Gasteiger partial charge in [-0.2, -0.15) is 0 Å². The second kappa shape index (κ2) is 9.94. The zero-order chi connectivity index (χ0) is 14.8. The monoisotopic (exact) mass is 342 g/mol. The molecule has 0 aliphatic heterocycles. The van der Waals surface area contributed by atoms with Crippen LogP contribution in [0.2, 0.25) is 0 Å². The quantitative estimate of drug-likeness (QED) is 0.552. The summed E-state index contributed by atoms with van der Waals surface area (Å²) in [6.45, 7) is 8.39. The number of carbonyl (C=O) groups excluding carboxylic acids is 1. The second-order valence-corrected chi connectivity index (χ2v) is 5.82. The van der Waals surface area contributed by atoms with Crippen molar-refractivity contribution in [1.29, 1.82) is 0 Å². The summed E-state index contributed by atoms with van der Waals surface area (Å²) in [7, 11) is 0. The van der Waals surface area contributed by atoms with E-state index in [0.29, 0.717) is 12.2 Å². The summed E-state index contributed by atoms with van der Waals surface area (Å²) in [5.74, 6) is -0.245. The van der Waals surface area contributed by atoms with E-state index in [4.69, 9.17) is 4.74 Å². The lowest BCUT2D eigenvalue weighted by molar-refractivity contribution is -0.900. The molecule has 0 saturated heterocycles. The summed E-state index contributed by atoms with van der Waals surface area (Å²) < 4.78 is 6.12. The maximum atomic E-state index is 11.9. The van der Waals surface area contributed by atoms with Crippen LogP contribution in [0.4, 0.5) is 0 Å². The number of esters is 1. The Morgan fingerprint density at radius 3 is 2.40 bits per heavy atom. The van der Waals surface area contributed by atoms with Crippen LogP contribution in [0.15, 0.2) is 28.7 Å². The van der Waals surface area contributed by atoms with Crippen LogP contribution in [0, 0.1) is 0 Å². The van der Waals surface area contributed by atoms with Crippen LogP contribution in [0.1, 0.15) is 43.5 Å². The number of carbonyl (C=O) groups is 1. The van der Waals surface area contributed by atoms with Gasteiger partial charge in [0.25, 0.3) is 0 Å². The number of halogens is 1. The molecule has 1 N–H and O–H groups in total. The van der Waals surface area contributed by atoms with E-state index in [1.54, 1.807) is 11.0 Å². The molecule has 0 aromatic heterocycles. The Bertz CT molecular complexity index is 403. The molecule has 1 aromatic rings. The van der Waals surface area contributed by atoms with Gasteiger partial charge >= 0.3 is 5.97 Å². The molecule has 0 heterocycles. The van der Waals surface area contributed by atoms with Crippen LogP contribution in [0.5, 0.6) is 0 Å². The zero-order valence-electron chi connectivity index (χ0n) is 12.5. The summed E-state index contributed by atoms with van der Waals surface area (Å²) >= 11 is 3.37. The fourth-order valence-corrected chi connectivity index (χ4v) is 2.72. The fraction of sp³-hybridized carbons (Fsp3) is 0.562. The van der Waals surface area contributed by atoms with Crippen molar-refractivity contribution in [2.75, 3.05) is 26.2 Å². The van der Waals surface area contributed by atoms with Gasteiger partial charge in [-0.25, -0.2) is 4.79 Å². The largest absolute Gasteiger partial charge is 0.462 e. The van der Waals surface area contributed by atoms with Gasteiger partial charge in [0.1, 0.15) is 0 Å². The Labute approximate surface area is 130 Å². The molecule has 0 atom stereocenters. The fourth-order valence-electron chi connectivity index (χ4n) is 2.27. The molecule has 0 fully saturated rings. The smallest absolute Gasteiger partial charge is 0.339 e. The molecule has 0 spiro atoms. The molecule has 4 heteroatoms. The van der Waals surface area contributed by atoms with Gasteiger partial charge in [0.15, 0.2) is 0 Å². The molecule has 20 heavy (non-hydrogen) atoms. The number of benzene rings is 1. The number of quaternary nitrogens is 1. The van der Waals surface area contributed by atoms with Gasteiger partial charge in [-0.05, 0) is 40.9 Å². The number of hydrogen-bond donors (Lipinski definition) is 1. The van der Waals surface area contributed by atoms with E-state index >= 15 is 0 Å². The van der Waals surface area contributed by atoms with Gasteiger partial charge < -0.3 is 9.64 Å². The third-order valence-corrected chi connectivity index (χ3v) is 3.90. The molecule has 1 rings (SSSR count). The van der Waals surface area contributed by atoms with Gasteiger partial charge in [-0.15, -0.1) is 0 Å². The van der Waals surface area contributed by atoms with Crippen LogP contribution in [-0.4, -0.2) is 32.2 Å². The summed E-state index contributed by atoms with van der Waals surface area (Å²) in [6, 6.07) is 7.36. The minimum Gasteiger partial charge on any atom is -0.462 e. The van der Waals surface area contributed by atoms with E-state index in [-0.39, 0.29) is 5.97 Å². The van der Waals surface area contributed by atoms with Crippen LogP contribution in [-0.2, 0) is 4.74 Å². The molecule has 1 aromatic carbocycles. The zero-order valence-corrected chi connectivity index (χ0v) is 14.0. The van der Waals surface area contributed by atoms with E-state index in [9.17, 15) is 4.79 Å². The minimum absolute atomic E-state index is 0.245. The van der Waals surface area contributed by atoms with Crippen LogP contribution < -0.4 is 4.90 Å². The van der Waals surface area contributed by atoms with Gasteiger partial charge in [0, 0.05) is 10.9 Å². The Balaban J connectivity index is 2.30. The molecule has 0 amide bonds. The van der Waals surface area contributed by atoms with E-state index in [0.717, 1.165) is 17.4 Å². The van der Waals surface area contributed by atoms with E-state index in [1.165, 1.54) is 25.9 Å². The van der Waals surface area contributed by atoms with Crippen molar-refractivity contribution in [3.8, 4) is 0 Å².